The molecule has 1 heterocycles. The van der Waals surface area contributed by atoms with E-state index in [-0.39, 0.29) is 4.90 Å². The third-order valence-electron chi connectivity index (χ3n) is 3.34. The highest BCUT2D eigenvalue weighted by Crippen LogP contribution is 2.15. The smallest absolute Gasteiger partial charge is 0.240 e. The van der Waals surface area contributed by atoms with Crippen molar-refractivity contribution in [3.05, 3.63) is 29.8 Å². The molecule has 0 radical (unpaired) electrons. The number of hydrogen-bond acceptors (Lipinski definition) is 4. The Bertz CT molecular complexity index is 575. The lowest BCUT2D eigenvalue weighted by atomic mass is 10.1. The first kappa shape index (κ1) is 14.0. The molecule has 2 rings (SSSR count). The Morgan fingerprint density at radius 2 is 2.11 bits per heavy atom. The van der Waals surface area contributed by atoms with Crippen molar-refractivity contribution < 1.29 is 8.42 Å². The molecule has 1 aliphatic rings. The minimum atomic E-state index is -3.47. The first-order valence-corrected chi connectivity index (χ1v) is 7.68. The monoisotopic (exact) mass is 279 g/mol. The van der Waals surface area contributed by atoms with Gasteiger partial charge in [0.2, 0.25) is 10.0 Å². The van der Waals surface area contributed by atoms with Gasteiger partial charge in [0.25, 0.3) is 0 Å². The van der Waals surface area contributed by atoms with Crippen LogP contribution in [-0.2, 0) is 10.0 Å². The van der Waals surface area contributed by atoms with E-state index in [9.17, 15) is 8.42 Å². The van der Waals surface area contributed by atoms with E-state index in [1.165, 1.54) is 24.3 Å². The number of nitriles is 1. The third kappa shape index (κ3) is 3.53. The van der Waals surface area contributed by atoms with E-state index in [1.54, 1.807) is 0 Å². The zero-order chi connectivity index (χ0) is 13.9. The Kier molecular flexibility index (Phi) is 4.20. The fraction of sp³-hybridized carbons (Fsp3) is 0.462. The van der Waals surface area contributed by atoms with Gasteiger partial charge in [-0.3, -0.25) is 0 Å². The van der Waals surface area contributed by atoms with Crippen molar-refractivity contribution >= 4 is 10.0 Å². The van der Waals surface area contributed by atoms with Crippen LogP contribution in [0.5, 0.6) is 0 Å². The molecule has 1 aliphatic heterocycles. The third-order valence-corrected chi connectivity index (χ3v) is 4.78. The van der Waals surface area contributed by atoms with E-state index in [0.29, 0.717) is 18.0 Å². The maximum absolute atomic E-state index is 12.1. The molecule has 1 atom stereocenters. The van der Waals surface area contributed by atoms with Crippen LogP contribution in [-0.4, -0.2) is 40.0 Å². The van der Waals surface area contributed by atoms with Crippen molar-refractivity contribution in [2.75, 3.05) is 26.7 Å². The highest BCUT2D eigenvalue weighted by Gasteiger charge is 2.22. The zero-order valence-corrected chi connectivity index (χ0v) is 11.7. The highest BCUT2D eigenvalue weighted by molar-refractivity contribution is 7.89. The van der Waals surface area contributed by atoms with E-state index in [2.05, 4.69) is 9.62 Å². The second kappa shape index (κ2) is 5.70. The van der Waals surface area contributed by atoms with Crippen molar-refractivity contribution in [1.82, 2.24) is 9.62 Å². The average Bonchev–Trinajstić information content (AvgIpc) is 2.82. The summed E-state index contributed by atoms with van der Waals surface area (Å²) < 4.78 is 26.8. The predicted molar refractivity (Wildman–Crippen MR) is 71.9 cm³/mol. The number of nitrogens with one attached hydrogen (secondary N) is 1. The Hall–Kier alpha value is -1.42. The van der Waals surface area contributed by atoms with Gasteiger partial charge in [0, 0.05) is 13.1 Å². The van der Waals surface area contributed by atoms with Gasteiger partial charge in [0.1, 0.15) is 0 Å². The molecule has 0 aliphatic carbocycles. The lowest BCUT2D eigenvalue weighted by Crippen LogP contribution is -2.30. The van der Waals surface area contributed by atoms with Gasteiger partial charge in [-0.05, 0) is 50.2 Å². The lowest BCUT2D eigenvalue weighted by Gasteiger charge is -2.12. The largest absolute Gasteiger partial charge is 0.306 e. The van der Waals surface area contributed by atoms with Gasteiger partial charge < -0.3 is 4.90 Å². The molecule has 0 aromatic heterocycles. The summed E-state index contributed by atoms with van der Waals surface area (Å²) in [5.41, 5.74) is 0.455. The Morgan fingerprint density at radius 1 is 1.42 bits per heavy atom. The van der Waals surface area contributed by atoms with Gasteiger partial charge in [0.05, 0.1) is 16.5 Å². The summed E-state index contributed by atoms with van der Waals surface area (Å²) in [5, 5.41) is 8.68. The van der Waals surface area contributed by atoms with E-state index in [4.69, 9.17) is 5.26 Å². The van der Waals surface area contributed by atoms with Crippen LogP contribution in [0.2, 0.25) is 0 Å². The molecule has 102 valence electrons. The Labute approximate surface area is 113 Å². The number of sulfonamides is 1. The van der Waals surface area contributed by atoms with Crippen LogP contribution in [0.25, 0.3) is 0 Å². The van der Waals surface area contributed by atoms with Gasteiger partial charge in [-0.2, -0.15) is 5.26 Å². The lowest BCUT2D eigenvalue weighted by molar-refractivity contribution is 0.394. The minimum absolute atomic E-state index is 0.206. The number of likely N-dealkylation sites (tertiary alicyclic amines) is 1. The number of nitrogens with zero attached hydrogens (tertiary/aromatic N) is 2. The standard InChI is InChI=1S/C13H17N3O2S/c1-16-7-6-12(10-16)9-15-19(17,18)13-4-2-11(8-14)3-5-13/h2-5,12,15H,6-7,9-10H2,1H3. The van der Waals surface area contributed by atoms with Crippen molar-refractivity contribution in [1.29, 1.82) is 5.26 Å². The fourth-order valence-corrected chi connectivity index (χ4v) is 3.33. The van der Waals surface area contributed by atoms with Gasteiger partial charge in [0.15, 0.2) is 0 Å². The average molecular weight is 279 g/mol. The topological polar surface area (TPSA) is 73.2 Å². The molecule has 0 amide bonds. The van der Waals surface area contributed by atoms with Crippen LogP contribution in [0.4, 0.5) is 0 Å². The maximum atomic E-state index is 12.1. The summed E-state index contributed by atoms with van der Waals surface area (Å²) in [6.07, 6.45) is 1.02. The first-order valence-electron chi connectivity index (χ1n) is 6.19. The van der Waals surface area contributed by atoms with Crippen molar-refractivity contribution in [3.63, 3.8) is 0 Å². The number of rotatable bonds is 4. The van der Waals surface area contributed by atoms with E-state index < -0.39 is 10.0 Å². The summed E-state index contributed by atoms with van der Waals surface area (Å²) in [6.45, 7) is 2.41. The van der Waals surface area contributed by atoms with Crippen molar-refractivity contribution in [2.45, 2.75) is 11.3 Å². The predicted octanol–water partition coefficient (Wildman–Crippen LogP) is 0.788. The molecule has 1 unspecified atom stereocenters. The molecule has 19 heavy (non-hydrogen) atoms. The van der Waals surface area contributed by atoms with Crippen molar-refractivity contribution in [3.8, 4) is 6.07 Å². The van der Waals surface area contributed by atoms with Crippen LogP contribution < -0.4 is 4.72 Å². The van der Waals surface area contributed by atoms with Crippen LogP contribution in [0.3, 0.4) is 0 Å². The summed E-state index contributed by atoms with van der Waals surface area (Å²) in [6, 6.07) is 7.91. The SMILES string of the molecule is CN1CCC(CNS(=O)(=O)c2ccc(C#N)cc2)C1. The molecule has 6 heteroatoms. The molecular weight excluding hydrogens is 262 g/mol. The molecule has 0 saturated carbocycles. The molecular formula is C13H17N3O2S. The van der Waals surface area contributed by atoms with Crippen molar-refractivity contribution in [2.24, 2.45) is 5.92 Å². The summed E-state index contributed by atoms with van der Waals surface area (Å²) in [5.74, 6) is 0.373. The van der Waals surface area contributed by atoms with Gasteiger partial charge >= 0.3 is 0 Å². The normalized spacial score (nSPS) is 20.3. The minimum Gasteiger partial charge on any atom is -0.306 e. The molecule has 0 bridgehead atoms. The van der Waals surface area contributed by atoms with Crippen LogP contribution in [0.1, 0.15) is 12.0 Å². The Morgan fingerprint density at radius 3 is 2.63 bits per heavy atom. The van der Waals surface area contributed by atoms with E-state index in [0.717, 1.165) is 19.5 Å². The van der Waals surface area contributed by atoms with Gasteiger partial charge in [-0.25, -0.2) is 13.1 Å². The molecule has 1 fully saturated rings. The van der Waals surface area contributed by atoms with E-state index >= 15 is 0 Å². The van der Waals surface area contributed by atoms with Gasteiger partial charge in [-0.15, -0.1) is 0 Å². The van der Waals surface area contributed by atoms with Gasteiger partial charge in [-0.1, -0.05) is 0 Å². The second-order valence-corrected chi connectivity index (χ2v) is 6.67. The van der Waals surface area contributed by atoms with Crippen LogP contribution >= 0.6 is 0 Å². The van der Waals surface area contributed by atoms with Crippen LogP contribution in [0, 0.1) is 17.2 Å². The summed E-state index contributed by atoms with van der Waals surface area (Å²) in [4.78, 5) is 2.40. The second-order valence-electron chi connectivity index (χ2n) is 4.91. The quantitative estimate of drug-likeness (QED) is 0.884. The van der Waals surface area contributed by atoms with Crippen LogP contribution in [0.15, 0.2) is 29.2 Å². The maximum Gasteiger partial charge on any atom is 0.240 e. The molecule has 0 spiro atoms. The molecule has 1 aromatic carbocycles. The first-order chi connectivity index (χ1) is 9.01. The summed E-state index contributed by atoms with van der Waals surface area (Å²) in [7, 11) is -1.43. The number of hydrogen-bond donors (Lipinski definition) is 1. The molecule has 1 N–H and O–H groups in total. The van der Waals surface area contributed by atoms with E-state index in [1.807, 2.05) is 13.1 Å². The summed E-state index contributed by atoms with van der Waals surface area (Å²) >= 11 is 0. The molecule has 1 saturated heterocycles. The Balaban J connectivity index is 1.99. The molecule has 1 aromatic rings. The fourth-order valence-electron chi connectivity index (χ4n) is 2.21. The number of benzene rings is 1. The highest BCUT2D eigenvalue weighted by atomic mass is 32.2. The molecule has 5 nitrogen and oxygen atoms in total. The zero-order valence-electron chi connectivity index (χ0n) is 10.8.